The minimum Gasteiger partial charge on any atom is -0.362 e. The maximum atomic E-state index is 13.9. The van der Waals surface area contributed by atoms with Gasteiger partial charge in [-0.3, -0.25) is 9.69 Å². The number of carbonyl (C=O) groups is 1. The SMILES string of the molecule is N#Cc1ccccc1CC1(Cc2ccccc2C#N)c2ccccc2C(=O)N2c3ccccc3NC21. The summed E-state index contributed by atoms with van der Waals surface area (Å²) in [5, 5.41) is 23.4. The van der Waals surface area contributed by atoms with Crippen LogP contribution < -0.4 is 10.2 Å². The normalized spacial score (nSPS) is 16.7. The molecule has 1 unspecified atom stereocenters. The molecule has 36 heavy (non-hydrogen) atoms. The molecule has 0 fully saturated rings. The fourth-order valence-corrected chi connectivity index (χ4v) is 5.84. The predicted molar refractivity (Wildman–Crippen MR) is 139 cm³/mol. The zero-order valence-electron chi connectivity index (χ0n) is 19.5. The van der Waals surface area contributed by atoms with Crippen molar-refractivity contribution in [3.05, 3.63) is 130 Å². The van der Waals surface area contributed by atoms with Crippen LogP contribution in [0.4, 0.5) is 11.4 Å². The second-order valence-electron chi connectivity index (χ2n) is 9.33. The summed E-state index contributed by atoms with van der Waals surface area (Å²) in [5.74, 6) is -0.0502. The number of amides is 1. The molecule has 6 rings (SSSR count). The van der Waals surface area contributed by atoms with Crippen LogP contribution in [0.3, 0.4) is 0 Å². The molecule has 172 valence electrons. The molecule has 1 atom stereocenters. The van der Waals surface area contributed by atoms with E-state index < -0.39 is 11.6 Å². The van der Waals surface area contributed by atoms with Gasteiger partial charge in [0.25, 0.3) is 5.91 Å². The van der Waals surface area contributed by atoms with Gasteiger partial charge < -0.3 is 5.32 Å². The molecule has 0 spiro atoms. The van der Waals surface area contributed by atoms with Crippen molar-refractivity contribution < 1.29 is 4.79 Å². The summed E-state index contributed by atoms with van der Waals surface area (Å²) in [7, 11) is 0. The largest absolute Gasteiger partial charge is 0.362 e. The Balaban J connectivity index is 1.64. The third kappa shape index (κ3) is 3.18. The van der Waals surface area contributed by atoms with Gasteiger partial charge in [-0.05, 0) is 59.9 Å². The van der Waals surface area contributed by atoms with Gasteiger partial charge in [0.2, 0.25) is 0 Å². The first kappa shape index (κ1) is 21.6. The van der Waals surface area contributed by atoms with E-state index in [2.05, 4.69) is 17.5 Å². The lowest BCUT2D eigenvalue weighted by Crippen LogP contribution is -2.60. The fourth-order valence-electron chi connectivity index (χ4n) is 5.84. The van der Waals surface area contributed by atoms with E-state index in [0.29, 0.717) is 29.5 Å². The van der Waals surface area contributed by atoms with E-state index in [1.54, 1.807) is 0 Å². The van der Waals surface area contributed by atoms with Crippen molar-refractivity contribution in [2.75, 3.05) is 10.2 Å². The zero-order valence-corrected chi connectivity index (χ0v) is 19.5. The molecule has 0 aliphatic carbocycles. The van der Waals surface area contributed by atoms with Gasteiger partial charge in [-0.15, -0.1) is 0 Å². The number of nitrogens with zero attached hydrogens (tertiary/aromatic N) is 3. The molecular formula is C31H22N4O. The standard InChI is InChI=1S/C31H22N4O/c32-19-23-11-3-1-9-21(23)17-31(18-22-10-2-4-12-24(22)20-33)26-14-6-5-13-25(26)29(36)35-28-16-8-7-15-27(28)34-30(31)35/h1-16,30,34H,17-18H2. The highest BCUT2D eigenvalue weighted by Gasteiger charge is 2.54. The topological polar surface area (TPSA) is 79.9 Å². The summed E-state index contributed by atoms with van der Waals surface area (Å²) < 4.78 is 0. The Kier molecular flexibility index (Phi) is 5.06. The van der Waals surface area contributed by atoms with Crippen molar-refractivity contribution in [1.29, 1.82) is 10.5 Å². The lowest BCUT2D eigenvalue weighted by Gasteiger charge is -2.48. The minimum atomic E-state index is -0.649. The maximum absolute atomic E-state index is 13.9. The van der Waals surface area contributed by atoms with Gasteiger partial charge in [0.15, 0.2) is 0 Å². The first-order valence-electron chi connectivity index (χ1n) is 11.9. The van der Waals surface area contributed by atoms with Gasteiger partial charge in [-0.25, -0.2) is 0 Å². The van der Waals surface area contributed by atoms with Gasteiger partial charge in [-0.1, -0.05) is 66.7 Å². The Morgan fingerprint density at radius 3 is 1.97 bits per heavy atom. The Morgan fingerprint density at radius 2 is 1.31 bits per heavy atom. The third-order valence-electron chi connectivity index (χ3n) is 7.44. The molecule has 4 aromatic carbocycles. The smallest absolute Gasteiger partial charge is 0.260 e. The van der Waals surface area contributed by atoms with Crippen LogP contribution in [0.2, 0.25) is 0 Å². The molecule has 1 amide bonds. The van der Waals surface area contributed by atoms with Crippen LogP contribution >= 0.6 is 0 Å². The quantitative estimate of drug-likeness (QED) is 0.427. The summed E-state index contributed by atoms with van der Waals surface area (Å²) in [4.78, 5) is 15.7. The van der Waals surface area contributed by atoms with Crippen LogP contribution in [0.5, 0.6) is 0 Å². The van der Waals surface area contributed by atoms with Gasteiger partial charge >= 0.3 is 0 Å². The molecule has 0 radical (unpaired) electrons. The van der Waals surface area contributed by atoms with Crippen molar-refractivity contribution in [3.8, 4) is 12.1 Å². The number of anilines is 2. The van der Waals surface area contributed by atoms with Crippen molar-refractivity contribution in [1.82, 2.24) is 0 Å². The highest BCUT2D eigenvalue weighted by molar-refractivity contribution is 6.12. The summed E-state index contributed by atoms with van der Waals surface area (Å²) in [6.45, 7) is 0. The molecule has 2 aliphatic heterocycles. The van der Waals surface area contributed by atoms with Gasteiger partial charge in [0.05, 0.1) is 34.6 Å². The molecule has 5 nitrogen and oxygen atoms in total. The first-order valence-corrected chi connectivity index (χ1v) is 11.9. The van der Waals surface area contributed by atoms with Crippen molar-refractivity contribution in [2.45, 2.75) is 24.4 Å². The molecule has 0 saturated heterocycles. The fraction of sp³-hybridized carbons (Fsp3) is 0.129. The van der Waals surface area contributed by atoms with Crippen LogP contribution in [0.1, 0.15) is 38.2 Å². The summed E-state index contributed by atoms with van der Waals surface area (Å²) in [6, 6.07) is 35.6. The summed E-state index contributed by atoms with van der Waals surface area (Å²) in [6.07, 6.45) is 0.641. The van der Waals surface area contributed by atoms with E-state index in [9.17, 15) is 15.3 Å². The molecule has 0 bridgehead atoms. The van der Waals surface area contributed by atoms with Crippen LogP contribution in [0.15, 0.2) is 97.1 Å². The predicted octanol–water partition coefficient (Wildman–Crippen LogP) is 5.57. The molecule has 2 heterocycles. The number of hydrogen-bond donors (Lipinski definition) is 1. The second-order valence-corrected chi connectivity index (χ2v) is 9.33. The van der Waals surface area contributed by atoms with Crippen LogP contribution in [-0.2, 0) is 18.3 Å². The molecule has 5 heteroatoms. The minimum absolute atomic E-state index is 0.0502. The highest BCUT2D eigenvalue weighted by atomic mass is 16.2. The van der Waals surface area contributed by atoms with Gasteiger partial charge in [0.1, 0.15) is 6.17 Å². The number of fused-ring (bicyclic) bond motifs is 4. The van der Waals surface area contributed by atoms with Crippen LogP contribution in [0, 0.1) is 22.7 Å². The van der Waals surface area contributed by atoms with Crippen molar-refractivity contribution in [3.63, 3.8) is 0 Å². The van der Waals surface area contributed by atoms with E-state index in [0.717, 1.165) is 28.1 Å². The number of nitriles is 2. The Morgan fingerprint density at radius 1 is 0.750 bits per heavy atom. The number of rotatable bonds is 4. The lowest BCUT2D eigenvalue weighted by molar-refractivity contribution is 0.0948. The molecule has 1 N–H and O–H groups in total. The average Bonchev–Trinajstić information content (AvgIpc) is 3.33. The maximum Gasteiger partial charge on any atom is 0.260 e. The lowest BCUT2D eigenvalue weighted by atomic mass is 9.64. The molecule has 0 saturated carbocycles. The average molecular weight is 467 g/mol. The van der Waals surface area contributed by atoms with Gasteiger partial charge in [0, 0.05) is 11.0 Å². The number of nitrogens with one attached hydrogen (secondary N) is 1. The van der Waals surface area contributed by atoms with E-state index in [4.69, 9.17) is 0 Å². The summed E-state index contributed by atoms with van der Waals surface area (Å²) in [5.41, 5.74) is 5.72. The monoisotopic (exact) mass is 466 g/mol. The van der Waals surface area contributed by atoms with E-state index in [1.807, 2.05) is 102 Å². The Hall–Kier alpha value is -4.87. The van der Waals surface area contributed by atoms with Crippen LogP contribution in [-0.4, -0.2) is 12.1 Å². The zero-order chi connectivity index (χ0) is 24.7. The Bertz CT molecular complexity index is 1530. The number of hydrogen-bond acceptors (Lipinski definition) is 4. The third-order valence-corrected chi connectivity index (χ3v) is 7.44. The van der Waals surface area contributed by atoms with E-state index in [-0.39, 0.29) is 5.91 Å². The molecule has 4 aromatic rings. The number of carbonyl (C=O) groups excluding carboxylic acids is 1. The second kappa shape index (κ2) is 8.41. The molecular weight excluding hydrogens is 444 g/mol. The van der Waals surface area contributed by atoms with Crippen molar-refractivity contribution in [2.24, 2.45) is 0 Å². The van der Waals surface area contributed by atoms with E-state index >= 15 is 0 Å². The van der Waals surface area contributed by atoms with Crippen molar-refractivity contribution >= 4 is 17.3 Å². The highest BCUT2D eigenvalue weighted by Crippen LogP contribution is 2.50. The van der Waals surface area contributed by atoms with E-state index in [1.165, 1.54) is 0 Å². The van der Waals surface area contributed by atoms with Crippen LogP contribution in [0.25, 0.3) is 0 Å². The number of para-hydroxylation sites is 2. The number of benzene rings is 4. The molecule has 2 aliphatic rings. The molecule has 0 aromatic heterocycles. The Labute approximate surface area is 209 Å². The first-order chi connectivity index (χ1) is 17.7. The summed E-state index contributed by atoms with van der Waals surface area (Å²) >= 11 is 0. The van der Waals surface area contributed by atoms with Gasteiger partial charge in [-0.2, -0.15) is 10.5 Å².